The van der Waals surface area contributed by atoms with Crippen LogP contribution in [0.3, 0.4) is 0 Å². The molecule has 0 unspecified atom stereocenters. The van der Waals surface area contributed by atoms with Crippen molar-refractivity contribution in [2.24, 2.45) is 0 Å². The van der Waals surface area contributed by atoms with Gasteiger partial charge in [0, 0.05) is 12.0 Å². The highest BCUT2D eigenvalue weighted by molar-refractivity contribution is 5.00. The quantitative estimate of drug-likeness (QED) is 0.740. The molecule has 0 amide bonds. The van der Waals surface area contributed by atoms with Gasteiger partial charge in [0.05, 0.1) is 6.54 Å². The Balaban J connectivity index is 1.64. The second-order valence-corrected chi connectivity index (χ2v) is 4.60. The van der Waals surface area contributed by atoms with Crippen LogP contribution in [0.5, 0.6) is 0 Å². The zero-order chi connectivity index (χ0) is 10.3. The average Bonchev–Trinajstić information content (AvgIpc) is 3.14. The Morgan fingerprint density at radius 2 is 2.07 bits per heavy atom. The van der Waals surface area contributed by atoms with Crippen LogP contribution in [-0.4, -0.2) is 27.7 Å². The predicted molar refractivity (Wildman–Crippen MR) is 55.4 cm³/mol. The molecule has 2 aliphatic carbocycles. The zero-order valence-corrected chi connectivity index (χ0v) is 9.15. The molecular weight excluding hydrogens is 190 g/mol. The fourth-order valence-electron chi connectivity index (χ4n) is 1.94. The summed E-state index contributed by atoms with van der Waals surface area (Å²) in [5.74, 6) is 2.23. The highest BCUT2D eigenvalue weighted by Gasteiger charge is 2.31. The van der Waals surface area contributed by atoms with Gasteiger partial charge < -0.3 is 4.42 Å². The molecule has 1 aromatic rings. The second-order valence-electron chi connectivity index (χ2n) is 4.60. The van der Waals surface area contributed by atoms with Crippen LogP contribution >= 0.6 is 0 Å². The summed E-state index contributed by atoms with van der Waals surface area (Å²) in [7, 11) is 0. The largest absolute Gasteiger partial charge is 0.424 e. The van der Waals surface area contributed by atoms with E-state index < -0.39 is 0 Å². The molecule has 15 heavy (non-hydrogen) atoms. The van der Waals surface area contributed by atoms with Gasteiger partial charge in [0.25, 0.3) is 0 Å². The second kappa shape index (κ2) is 3.59. The van der Waals surface area contributed by atoms with Gasteiger partial charge in [-0.2, -0.15) is 0 Å². The third-order valence-electron chi connectivity index (χ3n) is 3.22. The maximum atomic E-state index is 5.65. The van der Waals surface area contributed by atoms with E-state index in [2.05, 4.69) is 22.0 Å². The van der Waals surface area contributed by atoms with Crippen molar-refractivity contribution in [1.82, 2.24) is 15.1 Å². The molecule has 0 aliphatic heterocycles. The molecule has 2 saturated carbocycles. The van der Waals surface area contributed by atoms with Crippen LogP contribution in [0.25, 0.3) is 0 Å². The van der Waals surface area contributed by atoms with Crippen LogP contribution in [0.2, 0.25) is 0 Å². The summed E-state index contributed by atoms with van der Waals surface area (Å²) < 4.78 is 5.65. The number of hydrogen-bond acceptors (Lipinski definition) is 4. The molecule has 0 spiro atoms. The lowest BCUT2D eigenvalue weighted by Gasteiger charge is -2.16. The van der Waals surface area contributed by atoms with Crippen molar-refractivity contribution >= 4 is 0 Å². The molecule has 0 atom stereocenters. The first kappa shape index (κ1) is 9.33. The number of hydrogen-bond donors (Lipinski definition) is 0. The highest BCUT2D eigenvalue weighted by atomic mass is 16.4. The number of nitrogens with zero attached hydrogens (tertiary/aromatic N) is 3. The zero-order valence-electron chi connectivity index (χ0n) is 9.15. The molecule has 0 radical (unpaired) electrons. The lowest BCUT2D eigenvalue weighted by molar-refractivity contribution is 0.238. The van der Waals surface area contributed by atoms with Gasteiger partial charge in [0.15, 0.2) is 0 Å². The lowest BCUT2D eigenvalue weighted by atomic mass is 10.4. The topological polar surface area (TPSA) is 42.2 Å². The molecule has 1 aromatic heterocycles. The molecule has 2 fully saturated rings. The lowest BCUT2D eigenvalue weighted by Crippen LogP contribution is -2.25. The summed E-state index contributed by atoms with van der Waals surface area (Å²) in [5.41, 5.74) is 0. The van der Waals surface area contributed by atoms with Gasteiger partial charge >= 0.3 is 0 Å². The highest BCUT2D eigenvalue weighted by Crippen LogP contribution is 2.39. The van der Waals surface area contributed by atoms with Crippen LogP contribution in [0, 0.1) is 0 Å². The molecule has 0 saturated heterocycles. The first-order valence-electron chi connectivity index (χ1n) is 5.93. The van der Waals surface area contributed by atoms with Crippen LogP contribution in [0.1, 0.15) is 50.3 Å². The van der Waals surface area contributed by atoms with Crippen molar-refractivity contribution in [3.05, 3.63) is 11.8 Å². The van der Waals surface area contributed by atoms with Crippen molar-refractivity contribution in [3.63, 3.8) is 0 Å². The Morgan fingerprint density at radius 3 is 2.67 bits per heavy atom. The SMILES string of the molecule is CCN(Cc1nnc(C2CC2)o1)C1CC1. The Labute approximate surface area is 89.7 Å². The molecule has 0 N–H and O–H groups in total. The van der Waals surface area contributed by atoms with Gasteiger partial charge in [-0.1, -0.05) is 6.92 Å². The molecule has 4 nitrogen and oxygen atoms in total. The minimum absolute atomic E-state index is 0.572. The summed E-state index contributed by atoms with van der Waals surface area (Å²) >= 11 is 0. The van der Waals surface area contributed by atoms with Crippen molar-refractivity contribution < 1.29 is 4.42 Å². The Morgan fingerprint density at radius 1 is 1.27 bits per heavy atom. The van der Waals surface area contributed by atoms with Crippen molar-refractivity contribution in [2.75, 3.05) is 6.54 Å². The number of rotatable bonds is 5. The minimum atomic E-state index is 0.572. The van der Waals surface area contributed by atoms with Crippen molar-refractivity contribution in [1.29, 1.82) is 0 Å². The van der Waals surface area contributed by atoms with Crippen LogP contribution < -0.4 is 0 Å². The van der Waals surface area contributed by atoms with Crippen molar-refractivity contribution in [3.8, 4) is 0 Å². The first-order valence-corrected chi connectivity index (χ1v) is 5.93. The molecule has 0 aromatic carbocycles. The van der Waals surface area contributed by atoms with Crippen LogP contribution in [0.15, 0.2) is 4.42 Å². The van der Waals surface area contributed by atoms with Gasteiger partial charge in [-0.25, -0.2) is 0 Å². The van der Waals surface area contributed by atoms with Crippen molar-refractivity contribution in [2.45, 2.75) is 51.1 Å². The third-order valence-corrected chi connectivity index (χ3v) is 3.22. The molecule has 82 valence electrons. The van der Waals surface area contributed by atoms with Crippen LogP contribution in [-0.2, 0) is 6.54 Å². The van der Waals surface area contributed by atoms with E-state index in [4.69, 9.17) is 4.42 Å². The summed E-state index contributed by atoms with van der Waals surface area (Å²) in [6.07, 6.45) is 5.11. The van der Waals surface area contributed by atoms with E-state index in [1.807, 2.05) is 0 Å². The molecular formula is C11H17N3O. The Bertz CT molecular complexity index is 341. The molecule has 4 heteroatoms. The minimum Gasteiger partial charge on any atom is -0.424 e. The maximum absolute atomic E-state index is 5.65. The maximum Gasteiger partial charge on any atom is 0.230 e. The van der Waals surface area contributed by atoms with Crippen LogP contribution in [0.4, 0.5) is 0 Å². The Hall–Kier alpha value is -0.900. The molecule has 2 aliphatic rings. The van der Waals surface area contributed by atoms with E-state index in [-0.39, 0.29) is 0 Å². The summed E-state index contributed by atoms with van der Waals surface area (Å²) in [6, 6.07) is 0.770. The normalized spacial score (nSPS) is 21.2. The number of aromatic nitrogens is 2. The summed E-state index contributed by atoms with van der Waals surface area (Å²) in [5, 5.41) is 8.22. The fraction of sp³-hybridized carbons (Fsp3) is 0.818. The van der Waals surface area contributed by atoms with Gasteiger partial charge in [0.1, 0.15) is 0 Å². The van der Waals surface area contributed by atoms with E-state index in [9.17, 15) is 0 Å². The van der Waals surface area contributed by atoms with Gasteiger partial charge in [-0.15, -0.1) is 10.2 Å². The Kier molecular flexibility index (Phi) is 2.24. The smallest absolute Gasteiger partial charge is 0.230 e. The third kappa shape index (κ3) is 2.04. The molecule has 0 bridgehead atoms. The van der Waals surface area contributed by atoms with Gasteiger partial charge in [0.2, 0.25) is 11.8 Å². The van der Waals surface area contributed by atoms with Gasteiger partial charge in [-0.05, 0) is 32.2 Å². The van der Waals surface area contributed by atoms with E-state index in [1.54, 1.807) is 0 Å². The van der Waals surface area contributed by atoms with E-state index in [0.717, 1.165) is 30.9 Å². The molecule has 1 heterocycles. The monoisotopic (exact) mass is 207 g/mol. The van der Waals surface area contributed by atoms with Gasteiger partial charge in [-0.3, -0.25) is 4.90 Å². The molecule has 3 rings (SSSR count). The predicted octanol–water partition coefficient (Wildman–Crippen LogP) is 1.93. The standard InChI is InChI=1S/C11H17N3O/c1-2-14(9-5-6-9)7-10-12-13-11(15-10)8-3-4-8/h8-9H,2-7H2,1H3. The summed E-state index contributed by atoms with van der Waals surface area (Å²) in [4.78, 5) is 2.42. The first-order chi connectivity index (χ1) is 7.36. The average molecular weight is 207 g/mol. The van der Waals surface area contributed by atoms with E-state index in [0.29, 0.717) is 5.92 Å². The summed E-state index contributed by atoms with van der Waals surface area (Å²) in [6.45, 7) is 4.10. The van der Waals surface area contributed by atoms with E-state index in [1.165, 1.54) is 25.7 Å². The fourth-order valence-corrected chi connectivity index (χ4v) is 1.94. The van der Waals surface area contributed by atoms with E-state index >= 15 is 0 Å².